The van der Waals surface area contributed by atoms with Crippen molar-refractivity contribution in [3.8, 4) is 47.5 Å². The molecule has 1 aliphatic carbocycles. The van der Waals surface area contributed by atoms with Gasteiger partial charge in [-0.05, 0) is 141 Å². The molecular formula is C106H126N16O20S4. The number of aromatic nitrogens is 4. The number of rotatable bonds is 32. The minimum Gasteiger partial charge on any atom is -0.494 e. The van der Waals surface area contributed by atoms with Crippen molar-refractivity contribution in [1.82, 2.24) is 80.8 Å². The first-order valence-corrected chi connectivity index (χ1v) is 52.3. The largest absolute Gasteiger partial charge is 0.494 e. The average molecular weight is 2070 g/mol. The molecule has 5 saturated heterocycles. The number of nitrogens with zero attached hydrogens (tertiary/aromatic N) is 11. The standard InChI is InChI=1S/C29H34N4O5S.C29H30N4O4S.C24H30N4O6S.C24H32N4O5S/c1-5-38-24-8-6-7-22(13-24)29(37)32(4)19(3)28(36)33-16-23(34)14-25(33)27(35)30-15-20-9-11-21(12-10-20)26-18(2)31-17-39-26;1-17-26(38-16-31-17)20-8-6-18(7-9-20)13-30-27(35)24-12-22(34)15-32(24)29(37)25(19-10-11-19)33-14-21-4-2-3-5-23(21)28(33)36;1-15-22(35-14-26-15)17-5-3-16(4-6-17)10-25-23(31)19-9-18(29)11-28(19)24(32)20-12-34-8-7-27(20)21(30)13-33-2;1-14(2)21(27-20(30)12-33-4)24(32)28-11-18(29)9-19(28)23(31)25-10-16-5-7-17(8-6-16)22-15(3)26-13-34-22/h6-13,17,19,23,25,34H,5,14-16H2,1-4H3,(H,30,35);2-9,16,19,22,24-25,34H,10-15H2,1H3,(H,30,35);3-6,14,18-20,29H,7-13H2,1-2H3,(H,25,31);5-8,13-14,18-19,21,29H,9-12H2,1-4H3,(H,25,31)(H,27,30)/t19-,23+,25-;22-,24+,25+;18-,19+,20+;18-,19+,21+/m0111/s1. The van der Waals surface area contributed by atoms with Crippen LogP contribution < -0.4 is 31.3 Å². The maximum absolute atomic E-state index is 13.9. The molecule has 7 aliphatic rings. The minimum absolute atomic E-state index is 0.0304. The van der Waals surface area contributed by atoms with Crippen LogP contribution in [-0.2, 0) is 94.9 Å². The third-order valence-electron chi connectivity index (χ3n) is 26.9. The SMILES string of the molecule is CCOc1cccc(C(=O)N(C)[C@@H](C)C(=O)N2C[C@H](O)C[C@H]2C(=O)NCc2ccc(-c3scnc3C)cc2)c1.COCC(=O)N1CCOC[C@H]1C(=O)N1C[C@H](O)C[C@H]1C(=O)NCc1ccc(-c2scnc2C)cc1.COCC(=O)N[C@H](C(=O)N1C[C@H](O)C[C@H]1C(=O)NCc1ccc(-c2scnc2C)cc1)C(C)C.Cc1ncsc1-c1ccc(CNC(=O)[C@@H]2C[C@@H](O)CN2C(=O)[C@H](C2CC2)N2Cc3ccccc3C2=O)cc1. The molecule has 4 aromatic heterocycles. The summed E-state index contributed by atoms with van der Waals surface area (Å²) in [6.45, 7) is 17.6. The first kappa shape index (κ1) is 109. The van der Waals surface area contributed by atoms with Gasteiger partial charge in [-0.3, -0.25) is 57.5 Å². The zero-order valence-corrected chi connectivity index (χ0v) is 86.7. The summed E-state index contributed by atoms with van der Waals surface area (Å²) >= 11 is 6.34. The lowest BCUT2D eigenvalue weighted by atomic mass is 10.0. The van der Waals surface area contributed by atoms with Crippen LogP contribution in [0.5, 0.6) is 5.75 Å². The predicted octanol–water partition coefficient (Wildman–Crippen LogP) is 8.44. The molecule has 6 aliphatic heterocycles. The molecule has 0 unspecified atom stereocenters. The van der Waals surface area contributed by atoms with Crippen LogP contribution in [0.1, 0.15) is 138 Å². The number of aliphatic hydroxyl groups is 4. The number of benzene rings is 6. The molecule has 146 heavy (non-hydrogen) atoms. The van der Waals surface area contributed by atoms with Gasteiger partial charge < -0.3 is 100 Å². The van der Waals surface area contributed by atoms with Crippen LogP contribution in [0, 0.1) is 39.5 Å². The molecule has 6 fully saturated rings. The van der Waals surface area contributed by atoms with Gasteiger partial charge in [0.2, 0.25) is 59.1 Å². The number of aliphatic hydroxyl groups excluding tert-OH is 4. The number of aryl methyl sites for hydroxylation is 4. The van der Waals surface area contributed by atoms with Gasteiger partial charge in [0.05, 0.1) is 109 Å². The predicted molar refractivity (Wildman–Crippen MR) is 550 cm³/mol. The summed E-state index contributed by atoms with van der Waals surface area (Å²) in [5, 5.41) is 55.5. The number of thiazole rings is 4. The molecule has 12 atom stereocenters. The summed E-state index contributed by atoms with van der Waals surface area (Å²) in [4.78, 5) is 189. The van der Waals surface area contributed by atoms with E-state index in [2.05, 4.69) is 46.5 Å². The first-order valence-electron chi connectivity index (χ1n) is 48.8. The van der Waals surface area contributed by atoms with Gasteiger partial charge in [0.1, 0.15) is 67.3 Å². The molecule has 6 aromatic carbocycles. The van der Waals surface area contributed by atoms with Crippen molar-refractivity contribution in [3.63, 3.8) is 0 Å². The number of ether oxygens (including phenoxy) is 4. The Balaban J connectivity index is 0.000000154. The smallest absolute Gasteiger partial charge is 0.255 e. The normalized spacial score (nSPS) is 20.0. The van der Waals surface area contributed by atoms with Crippen LogP contribution in [-0.4, -0.2) is 305 Å². The summed E-state index contributed by atoms with van der Waals surface area (Å²) < 4.78 is 20.7. The Morgan fingerprint density at radius 3 is 1.27 bits per heavy atom. The second-order valence-electron chi connectivity index (χ2n) is 37.6. The second kappa shape index (κ2) is 50.4. The van der Waals surface area contributed by atoms with Crippen LogP contribution in [0.3, 0.4) is 0 Å². The molecule has 0 bridgehead atoms. The Kier molecular flexibility index (Phi) is 37.5. The van der Waals surface area contributed by atoms with E-state index in [4.69, 9.17) is 18.9 Å². The molecule has 36 nitrogen and oxygen atoms in total. The highest BCUT2D eigenvalue weighted by molar-refractivity contribution is 7.14. The quantitative estimate of drug-likeness (QED) is 0.0191. The number of carbonyl (C=O) groups is 12. The highest BCUT2D eigenvalue weighted by Crippen LogP contribution is 2.42. The summed E-state index contributed by atoms with van der Waals surface area (Å²) in [5.74, 6) is -3.48. The van der Waals surface area contributed by atoms with E-state index in [-0.39, 0.29) is 143 Å². The third-order valence-corrected chi connectivity index (χ3v) is 30.8. The van der Waals surface area contributed by atoms with Crippen molar-refractivity contribution in [2.24, 2.45) is 11.8 Å². The number of likely N-dealkylation sites (tertiary alicyclic amines) is 4. The van der Waals surface area contributed by atoms with E-state index >= 15 is 0 Å². The number of nitrogens with one attached hydrogen (secondary N) is 5. The zero-order chi connectivity index (χ0) is 104. The lowest BCUT2D eigenvalue weighted by Gasteiger charge is -2.37. The van der Waals surface area contributed by atoms with E-state index < -0.39 is 90.5 Å². The minimum atomic E-state index is -0.852. The number of hydrogen-bond donors (Lipinski definition) is 9. The van der Waals surface area contributed by atoms with Crippen LogP contribution in [0.25, 0.3) is 41.8 Å². The van der Waals surface area contributed by atoms with E-state index in [0.717, 1.165) is 105 Å². The van der Waals surface area contributed by atoms with Crippen LogP contribution in [0.2, 0.25) is 0 Å². The molecule has 17 rings (SSSR count). The fourth-order valence-corrected chi connectivity index (χ4v) is 22.0. The van der Waals surface area contributed by atoms with Crippen molar-refractivity contribution in [3.05, 3.63) is 229 Å². The number of amides is 12. The highest BCUT2D eigenvalue weighted by atomic mass is 32.1. The van der Waals surface area contributed by atoms with Gasteiger partial charge in [0, 0.05) is 124 Å². The molecule has 1 saturated carbocycles. The van der Waals surface area contributed by atoms with Crippen molar-refractivity contribution in [2.75, 3.05) is 87.0 Å². The first-order chi connectivity index (χ1) is 70.2. The number of hydrogen-bond acceptors (Lipinski definition) is 28. The molecule has 774 valence electrons. The molecule has 10 aromatic rings. The van der Waals surface area contributed by atoms with E-state index in [1.54, 1.807) is 94.6 Å². The van der Waals surface area contributed by atoms with Crippen molar-refractivity contribution in [2.45, 2.75) is 199 Å². The van der Waals surface area contributed by atoms with E-state index in [1.807, 2.05) is 186 Å². The van der Waals surface area contributed by atoms with Gasteiger partial charge in [0.25, 0.3) is 11.8 Å². The van der Waals surface area contributed by atoms with Gasteiger partial charge in [-0.15, -0.1) is 45.3 Å². The molecule has 0 radical (unpaired) electrons. The van der Waals surface area contributed by atoms with Gasteiger partial charge in [-0.1, -0.05) is 135 Å². The maximum Gasteiger partial charge on any atom is 0.255 e. The number of methoxy groups -OCH3 is 2. The summed E-state index contributed by atoms with van der Waals surface area (Å²) in [5.41, 5.74) is 21.1. The second-order valence-corrected chi connectivity index (χ2v) is 41.0. The number of likely N-dealkylation sites (N-methyl/N-ethyl adjacent to an activating group) is 1. The monoisotopic (exact) mass is 2070 g/mol. The van der Waals surface area contributed by atoms with Gasteiger partial charge in [-0.2, -0.15) is 0 Å². The van der Waals surface area contributed by atoms with Gasteiger partial charge >= 0.3 is 0 Å². The number of morpholine rings is 1. The van der Waals surface area contributed by atoms with E-state index in [1.165, 1.54) is 43.6 Å². The maximum atomic E-state index is 13.9. The van der Waals surface area contributed by atoms with Crippen LogP contribution >= 0.6 is 45.3 Å². The summed E-state index contributed by atoms with van der Waals surface area (Å²) in [7, 11) is 4.37. The van der Waals surface area contributed by atoms with Crippen molar-refractivity contribution in [1.29, 1.82) is 0 Å². The molecule has 0 spiro atoms. The molecule has 12 amide bonds. The fourth-order valence-electron chi connectivity index (χ4n) is 18.7. The Morgan fingerprint density at radius 1 is 0.486 bits per heavy atom. The lowest BCUT2D eigenvalue weighted by molar-refractivity contribution is -0.157. The van der Waals surface area contributed by atoms with Gasteiger partial charge in [0.15, 0.2) is 0 Å². The summed E-state index contributed by atoms with van der Waals surface area (Å²) in [6.07, 6.45) is -0.839. The third kappa shape index (κ3) is 26.9. The Bertz CT molecular complexity index is 6260. The zero-order valence-electron chi connectivity index (χ0n) is 83.5. The van der Waals surface area contributed by atoms with E-state index in [9.17, 15) is 78.0 Å². The Labute approximate surface area is 863 Å². The molecular weight excluding hydrogens is 1950 g/mol. The van der Waals surface area contributed by atoms with Crippen molar-refractivity contribution >= 4 is 116 Å². The molecule has 9 N–H and O–H groups in total. The fraction of sp³-hybridized carbons (Fsp3) is 0.434. The van der Waals surface area contributed by atoms with Crippen LogP contribution in [0.4, 0.5) is 0 Å². The molecule has 40 heteroatoms. The highest BCUT2D eigenvalue weighted by Gasteiger charge is 2.52. The summed E-state index contributed by atoms with van der Waals surface area (Å²) in [6, 6.07) is 39.5. The number of β-amino-alcohol motifs (C(OH)–C–C–N with tert-alkyl or cyclic N) is 4. The number of fused-ring (bicyclic) bond motifs is 1. The van der Waals surface area contributed by atoms with Gasteiger partial charge in [-0.25, -0.2) is 19.9 Å². The van der Waals surface area contributed by atoms with E-state index in [0.29, 0.717) is 62.8 Å². The Morgan fingerprint density at radius 2 is 0.884 bits per heavy atom. The lowest BCUT2D eigenvalue weighted by Crippen LogP contribution is -2.59. The Hall–Kier alpha value is -13.0. The average Bonchev–Trinajstić information content (AvgIpc) is 1.60. The topological polar surface area (TPSA) is 457 Å². The molecule has 10 heterocycles. The van der Waals surface area contributed by atoms with Crippen LogP contribution in [0.15, 0.2) is 168 Å². The van der Waals surface area contributed by atoms with Crippen molar-refractivity contribution < 1.29 is 96.9 Å². The number of carbonyl (C=O) groups excluding carboxylic acids is 12.